The van der Waals surface area contributed by atoms with Crippen molar-refractivity contribution in [2.24, 2.45) is 0 Å². The molecule has 2 aromatic carbocycles. The van der Waals surface area contributed by atoms with Crippen LogP contribution in [0, 0.1) is 0 Å². The second-order valence-electron chi connectivity index (χ2n) is 9.30. The van der Waals surface area contributed by atoms with E-state index in [-0.39, 0.29) is 0 Å². The molecule has 0 aromatic heterocycles. The van der Waals surface area contributed by atoms with Gasteiger partial charge < -0.3 is 19.4 Å². The molecule has 1 aliphatic rings. The van der Waals surface area contributed by atoms with Crippen molar-refractivity contribution in [3.8, 4) is 0 Å². The maximum Gasteiger partial charge on any atom is 0.495 e. The molecule has 1 heterocycles. The van der Waals surface area contributed by atoms with Crippen molar-refractivity contribution in [1.29, 1.82) is 0 Å². The van der Waals surface area contributed by atoms with Gasteiger partial charge in [-0.15, -0.1) is 0 Å². The fourth-order valence-corrected chi connectivity index (χ4v) is 3.21. The minimum absolute atomic E-state index is 0.388. The number of nitrogens with one attached hydrogen (secondary N) is 1. The number of ether oxygens (including phenoxy) is 1. The molecule has 1 N–H and O–H groups in total. The zero-order valence-electron chi connectivity index (χ0n) is 17.9. The molecule has 6 heteroatoms. The average Bonchev–Trinajstić information content (AvgIpc) is 2.78. The molecule has 0 unspecified atom stereocenters. The van der Waals surface area contributed by atoms with Gasteiger partial charge in [-0.1, -0.05) is 36.4 Å². The van der Waals surface area contributed by atoms with Crippen LogP contribution >= 0.6 is 0 Å². The standard InChI is InChI=1S/C22H30BNO4/c1-20(2,3)26-19(25)24-14-15-10-8-12-17-16(15)11-9-13-18(17)23-27-21(4,5)22(6,7)28-23/h8-13H,14H2,1-7H3,(H,24,25). The molecule has 1 aliphatic heterocycles. The maximum atomic E-state index is 12.0. The maximum absolute atomic E-state index is 12.0. The Morgan fingerprint density at radius 1 is 1.00 bits per heavy atom. The van der Waals surface area contributed by atoms with E-state index in [2.05, 4.69) is 17.4 Å². The highest BCUT2D eigenvalue weighted by Crippen LogP contribution is 2.37. The fraction of sp³-hybridized carbons (Fsp3) is 0.500. The van der Waals surface area contributed by atoms with Gasteiger partial charge in [0.15, 0.2) is 0 Å². The zero-order valence-corrected chi connectivity index (χ0v) is 17.9. The third kappa shape index (κ3) is 4.18. The van der Waals surface area contributed by atoms with Crippen LogP contribution in [0.25, 0.3) is 10.8 Å². The second kappa shape index (κ2) is 7.09. The Balaban J connectivity index is 1.87. The van der Waals surface area contributed by atoms with Crippen molar-refractivity contribution in [1.82, 2.24) is 5.32 Å². The Hall–Kier alpha value is -2.05. The van der Waals surface area contributed by atoms with Crippen LogP contribution in [0.5, 0.6) is 0 Å². The van der Waals surface area contributed by atoms with E-state index in [0.29, 0.717) is 6.54 Å². The molecule has 0 saturated carbocycles. The van der Waals surface area contributed by atoms with Crippen LogP contribution < -0.4 is 10.8 Å². The first-order chi connectivity index (χ1) is 12.9. The van der Waals surface area contributed by atoms with E-state index in [4.69, 9.17) is 14.0 Å². The van der Waals surface area contributed by atoms with Crippen LogP contribution in [0.3, 0.4) is 0 Å². The predicted molar refractivity (Wildman–Crippen MR) is 113 cm³/mol. The van der Waals surface area contributed by atoms with Crippen LogP contribution in [0.4, 0.5) is 4.79 Å². The van der Waals surface area contributed by atoms with E-state index >= 15 is 0 Å². The molecule has 0 spiro atoms. The van der Waals surface area contributed by atoms with Crippen LogP contribution in [0.2, 0.25) is 0 Å². The molecular formula is C22H30BNO4. The van der Waals surface area contributed by atoms with Gasteiger partial charge in [-0.25, -0.2) is 4.79 Å². The molecule has 0 radical (unpaired) electrons. The minimum Gasteiger partial charge on any atom is -0.444 e. The Kier molecular flexibility index (Phi) is 5.23. The number of alkyl carbamates (subject to hydrolysis) is 1. The smallest absolute Gasteiger partial charge is 0.444 e. The highest BCUT2D eigenvalue weighted by atomic mass is 16.7. The number of hydrogen-bond donors (Lipinski definition) is 1. The molecule has 150 valence electrons. The summed E-state index contributed by atoms with van der Waals surface area (Å²) in [4.78, 5) is 12.0. The first-order valence-electron chi connectivity index (χ1n) is 9.73. The lowest BCUT2D eigenvalue weighted by atomic mass is 9.75. The number of rotatable bonds is 3. The molecule has 1 fully saturated rings. The Labute approximate surface area is 167 Å². The normalized spacial score (nSPS) is 18.3. The zero-order chi connectivity index (χ0) is 20.7. The quantitative estimate of drug-likeness (QED) is 0.809. The van der Waals surface area contributed by atoms with E-state index in [1.807, 2.05) is 72.7 Å². The number of fused-ring (bicyclic) bond motifs is 1. The highest BCUT2D eigenvalue weighted by Gasteiger charge is 2.52. The summed E-state index contributed by atoms with van der Waals surface area (Å²) in [5.74, 6) is 0. The lowest BCUT2D eigenvalue weighted by Crippen LogP contribution is -2.41. The molecule has 28 heavy (non-hydrogen) atoms. The van der Waals surface area contributed by atoms with Gasteiger partial charge in [-0.3, -0.25) is 0 Å². The number of hydrogen-bond acceptors (Lipinski definition) is 4. The van der Waals surface area contributed by atoms with Gasteiger partial charge in [0.25, 0.3) is 0 Å². The van der Waals surface area contributed by atoms with Crippen molar-refractivity contribution in [2.75, 3.05) is 0 Å². The number of carbonyl (C=O) groups excluding carboxylic acids is 1. The summed E-state index contributed by atoms with van der Waals surface area (Å²) in [6.07, 6.45) is -0.424. The van der Waals surface area contributed by atoms with E-state index in [1.165, 1.54) is 0 Å². The largest absolute Gasteiger partial charge is 0.495 e. The lowest BCUT2D eigenvalue weighted by Gasteiger charge is -2.32. The molecule has 0 bridgehead atoms. The average molecular weight is 383 g/mol. The Bertz CT molecular complexity index is 870. The summed E-state index contributed by atoms with van der Waals surface area (Å²) in [5, 5.41) is 4.96. The molecule has 2 aromatic rings. The summed E-state index contributed by atoms with van der Waals surface area (Å²) < 4.78 is 17.8. The lowest BCUT2D eigenvalue weighted by molar-refractivity contribution is 0.00578. The highest BCUT2D eigenvalue weighted by molar-refractivity contribution is 6.65. The molecular weight excluding hydrogens is 353 g/mol. The van der Waals surface area contributed by atoms with Crippen molar-refractivity contribution in [3.63, 3.8) is 0 Å². The van der Waals surface area contributed by atoms with Crippen molar-refractivity contribution in [3.05, 3.63) is 42.0 Å². The molecule has 0 aliphatic carbocycles. The molecule has 0 atom stereocenters. The summed E-state index contributed by atoms with van der Waals surface area (Å²) >= 11 is 0. The molecule has 5 nitrogen and oxygen atoms in total. The molecule has 1 amide bonds. The monoisotopic (exact) mass is 383 g/mol. The van der Waals surface area contributed by atoms with E-state index in [1.54, 1.807) is 0 Å². The van der Waals surface area contributed by atoms with E-state index in [0.717, 1.165) is 21.8 Å². The van der Waals surface area contributed by atoms with Gasteiger partial charge >= 0.3 is 13.2 Å². The van der Waals surface area contributed by atoms with Crippen molar-refractivity contribution >= 4 is 29.4 Å². The molecule has 3 rings (SSSR count). The number of benzene rings is 2. The van der Waals surface area contributed by atoms with Gasteiger partial charge in [-0.05, 0) is 70.3 Å². The van der Waals surface area contributed by atoms with Crippen LogP contribution in [-0.4, -0.2) is 30.0 Å². The molecule has 1 saturated heterocycles. The summed E-state index contributed by atoms with van der Waals surface area (Å²) in [7, 11) is -0.428. The minimum atomic E-state index is -0.521. The fourth-order valence-electron chi connectivity index (χ4n) is 3.21. The van der Waals surface area contributed by atoms with E-state index in [9.17, 15) is 4.79 Å². The van der Waals surface area contributed by atoms with Gasteiger partial charge in [0.05, 0.1) is 11.2 Å². The van der Waals surface area contributed by atoms with E-state index < -0.39 is 30.0 Å². The Morgan fingerprint density at radius 2 is 1.57 bits per heavy atom. The third-order valence-electron chi connectivity index (χ3n) is 5.38. The van der Waals surface area contributed by atoms with Crippen LogP contribution in [-0.2, 0) is 20.6 Å². The van der Waals surface area contributed by atoms with Gasteiger partial charge in [-0.2, -0.15) is 0 Å². The van der Waals surface area contributed by atoms with Gasteiger partial charge in [0, 0.05) is 6.54 Å². The van der Waals surface area contributed by atoms with Gasteiger partial charge in [0.1, 0.15) is 5.60 Å². The van der Waals surface area contributed by atoms with Gasteiger partial charge in [0.2, 0.25) is 0 Å². The summed E-state index contributed by atoms with van der Waals surface area (Å²) in [5.41, 5.74) is 0.704. The van der Waals surface area contributed by atoms with Crippen molar-refractivity contribution < 1.29 is 18.8 Å². The SMILES string of the molecule is CC(C)(C)OC(=O)NCc1cccc2c(B3OC(C)(C)C(C)(C)O3)cccc12. The summed E-state index contributed by atoms with van der Waals surface area (Å²) in [6.45, 7) is 14.1. The number of amides is 1. The van der Waals surface area contributed by atoms with Crippen molar-refractivity contribution in [2.45, 2.75) is 71.8 Å². The predicted octanol–water partition coefficient (Wildman–Crippen LogP) is 4.16. The van der Waals surface area contributed by atoms with Crippen LogP contribution in [0.1, 0.15) is 54.0 Å². The first kappa shape index (κ1) is 20.7. The Morgan fingerprint density at radius 3 is 2.18 bits per heavy atom. The summed E-state index contributed by atoms with van der Waals surface area (Å²) in [6, 6.07) is 12.1. The van der Waals surface area contributed by atoms with Crippen LogP contribution in [0.15, 0.2) is 36.4 Å². The second-order valence-corrected chi connectivity index (χ2v) is 9.30. The third-order valence-corrected chi connectivity index (χ3v) is 5.38. The topological polar surface area (TPSA) is 56.8 Å². The number of carbonyl (C=O) groups is 1. The first-order valence-corrected chi connectivity index (χ1v) is 9.73.